The average Bonchev–Trinajstić information content (AvgIpc) is 3.20. The lowest BCUT2D eigenvalue weighted by molar-refractivity contribution is 0.0767. The van der Waals surface area contributed by atoms with Gasteiger partial charge in [0.15, 0.2) is 5.65 Å². The minimum Gasteiger partial charge on any atom is -0.340 e. The average molecular weight is 473 g/mol. The summed E-state index contributed by atoms with van der Waals surface area (Å²) >= 11 is 0. The van der Waals surface area contributed by atoms with E-state index in [1.165, 1.54) is 31.4 Å². The molecule has 4 aromatic rings. The Morgan fingerprint density at radius 1 is 0.857 bits per heavy atom. The number of carbonyl (C=O) groups excluding carboxylic acids is 1. The highest BCUT2D eigenvalue weighted by molar-refractivity contribution is 5.94. The van der Waals surface area contributed by atoms with E-state index in [4.69, 9.17) is 4.98 Å². The van der Waals surface area contributed by atoms with Gasteiger partial charge in [-0.15, -0.1) is 10.2 Å². The van der Waals surface area contributed by atoms with Crippen molar-refractivity contribution in [3.63, 3.8) is 0 Å². The zero-order valence-corrected chi connectivity index (χ0v) is 19.7. The van der Waals surface area contributed by atoms with Crippen molar-refractivity contribution in [1.29, 1.82) is 0 Å². The van der Waals surface area contributed by atoms with E-state index in [9.17, 15) is 9.18 Å². The maximum atomic E-state index is 13.3. The fourth-order valence-electron chi connectivity index (χ4n) is 5.52. The molecule has 35 heavy (non-hydrogen) atoms. The standard InChI is InChI=1S/C27H29FN6O/c28-21-13-11-20(12-14-21)26(35)32-15-6-16-33(18-17-32)27-29-23-10-5-4-9-22(23)25-31-30-24(34(25)27)19-7-2-1-3-8-19/h4-5,9-14,19H,1-3,6-8,15-18H2. The van der Waals surface area contributed by atoms with Crippen molar-refractivity contribution in [1.82, 2.24) is 24.5 Å². The van der Waals surface area contributed by atoms with Gasteiger partial charge < -0.3 is 9.80 Å². The van der Waals surface area contributed by atoms with Gasteiger partial charge in [-0.3, -0.25) is 4.79 Å². The number of fused-ring (bicyclic) bond motifs is 3. The summed E-state index contributed by atoms with van der Waals surface area (Å²) < 4.78 is 15.5. The smallest absolute Gasteiger partial charge is 0.253 e. The first kappa shape index (κ1) is 21.9. The maximum absolute atomic E-state index is 13.3. The summed E-state index contributed by atoms with van der Waals surface area (Å²) in [5.74, 6) is 1.87. The van der Waals surface area contributed by atoms with Crippen molar-refractivity contribution in [2.75, 3.05) is 31.1 Å². The van der Waals surface area contributed by atoms with Gasteiger partial charge >= 0.3 is 0 Å². The normalized spacial score (nSPS) is 17.7. The molecule has 1 saturated heterocycles. The monoisotopic (exact) mass is 472 g/mol. The van der Waals surface area contributed by atoms with Crippen molar-refractivity contribution in [3.8, 4) is 0 Å². The van der Waals surface area contributed by atoms with Gasteiger partial charge in [-0.2, -0.15) is 0 Å². The van der Waals surface area contributed by atoms with Gasteiger partial charge in [0.2, 0.25) is 5.95 Å². The summed E-state index contributed by atoms with van der Waals surface area (Å²) in [7, 11) is 0. The lowest BCUT2D eigenvalue weighted by Crippen LogP contribution is -2.36. The molecular formula is C27H29FN6O. The first-order valence-corrected chi connectivity index (χ1v) is 12.6. The van der Waals surface area contributed by atoms with E-state index in [-0.39, 0.29) is 11.7 Å². The Morgan fingerprint density at radius 3 is 2.49 bits per heavy atom. The van der Waals surface area contributed by atoms with Crippen LogP contribution >= 0.6 is 0 Å². The van der Waals surface area contributed by atoms with E-state index in [2.05, 4.69) is 25.6 Å². The molecule has 1 aliphatic carbocycles. The SMILES string of the molecule is O=C(c1ccc(F)cc1)N1CCCN(c2nc3ccccc3c3nnc(C4CCCCC4)n23)CC1. The van der Waals surface area contributed by atoms with Crippen LogP contribution in [-0.2, 0) is 0 Å². The summed E-state index contributed by atoms with van der Waals surface area (Å²) in [6.07, 6.45) is 6.81. The summed E-state index contributed by atoms with van der Waals surface area (Å²) in [4.78, 5) is 22.3. The molecular weight excluding hydrogens is 443 g/mol. The number of rotatable bonds is 3. The molecule has 8 heteroatoms. The highest BCUT2D eigenvalue weighted by Crippen LogP contribution is 2.34. The minimum atomic E-state index is -0.335. The van der Waals surface area contributed by atoms with Gasteiger partial charge in [0.1, 0.15) is 11.6 Å². The quantitative estimate of drug-likeness (QED) is 0.428. The molecule has 180 valence electrons. The number of hydrogen-bond acceptors (Lipinski definition) is 5. The van der Waals surface area contributed by atoms with Gasteiger partial charge in [0.05, 0.1) is 5.52 Å². The van der Waals surface area contributed by atoms with E-state index in [0.717, 1.165) is 54.1 Å². The minimum absolute atomic E-state index is 0.0596. The van der Waals surface area contributed by atoms with Gasteiger partial charge in [0.25, 0.3) is 5.91 Å². The molecule has 1 saturated carbocycles. The van der Waals surface area contributed by atoms with Gasteiger partial charge in [-0.25, -0.2) is 13.8 Å². The second kappa shape index (κ2) is 9.24. The number of para-hydroxylation sites is 1. The van der Waals surface area contributed by atoms with Crippen LogP contribution in [0.15, 0.2) is 48.5 Å². The fraction of sp³-hybridized carbons (Fsp3) is 0.407. The molecule has 0 unspecified atom stereocenters. The van der Waals surface area contributed by atoms with Gasteiger partial charge in [-0.05, 0) is 55.7 Å². The molecule has 2 aromatic heterocycles. The number of amides is 1. The molecule has 2 aliphatic rings. The first-order valence-electron chi connectivity index (χ1n) is 12.6. The first-order chi connectivity index (χ1) is 17.2. The second-order valence-corrected chi connectivity index (χ2v) is 9.62. The number of halogens is 1. The van der Waals surface area contributed by atoms with Crippen molar-refractivity contribution in [2.45, 2.75) is 44.4 Å². The largest absolute Gasteiger partial charge is 0.340 e. The van der Waals surface area contributed by atoms with Crippen LogP contribution in [0.25, 0.3) is 16.6 Å². The molecule has 0 atom stereocenters. The third kappa shape index (κ3) is 4.11. The van der Waals surface area contributed by atoms with Crippen molar-refractivity contribution in [3.05, 3.63) is 65.7 Å². The number of carbonyl (C=O) groups is 1. The Morgan fingerprint density at radius 2 is 1.66 bits per heavy atom. The maximum Gasteiger partial charge on any atom is 0.253 e. The third-order valence-electron chi connectivity index (χ3n) is 7.38. The lowest BCUT2D eigenvalue weighted by Gasteiger charge is -2.26. The van der Waals surface area contributed by atoms with Crippen LogP contribution in [0.1, 0.15) is 60.6 Å². The van der Waals surface area contributed by atoms with Gasteiger partial charge in [0, 0.05) is 43.0 Å². The zero-order chi connectivity index (χ0) is 23.8. The topological polar surface area (TPSA) is 66.6 Å². The molecule has 0 radical (unpaired) electrons. The molecule has 0 bridgehead atoms. The molecule has 0 spiro atoms. The molecule has 3 heterocycles. The molecule has 6 rings (SSSR count). The number of anilines is 1. The summed E-state index contributed by atoms with van der Waals surface area (Å²) in [6, 6.07) is 13.9. The second-order valence-electron chi connectivity index (χ2n) is 9.62. The predicted octanol–water partition coefficient (Wildman–Crippen LogP) is 4.82. The predicted molar refractivity (Wildman–Crippen MR) is 133 cm³/mol. The Labute approximate surface area is 203 Å². The number of benzene rings is 2. The van der Waals surface area contributed by atoms with Crippen molar-refractivity contribution < 1.29 is 9.18 Å². The van der Waals surface area contributed by atoms with E-state index < -0.39 is 0 Å². The Bertz CT molecular complexity index is 1360. The van der Waals surface area contributed by atoms with Crippen LogP contribution in [0.5, 0.6) is 0 Å². The van der Waals surface area contributed by atoms with Crippen molar-refractivity contribution >= 4 is 28.4 Å². The third-order valence-corrected chi connectivity index (χ3v) is 7.38. The van der Waals surface area contributed by atoms with Crippen molar-refractivity contribution in [2.24, 2.45) is 0 Å². The van der Waals surface area contributed by atoms with E-state index >= 15 is 0 Å². The fourth-order valence-corrected chi connectivity index (χ4v) is 5.52. The van der Waals surface area contributed by atoms with E-state index in [1.807, 2.05) is 23.1 Å². The zero-order valence-electron chi connectivity index (χ0n) is 19.7. The highest BCUT2D eigenvalue weighted by Gasteiger charge is 2.27. The van der Waals surface area contributed by atoms with E-state index in [1.54, 1.807) is 12.1 Å². The summed E-state index contributed by atoms with van der Waals surface area (Å²) in [5.41, 5.74) is 2.28. The van der Waals surface area contributed by atoms with Crippen LogP contribution in [0.4, 0.5) is 10.3 Å². The lowest BCUT2D eigenvalue weighted by atomic mass is 9.89. The highest BCUT2D eigenvalue weighted by atomic mass is 19.1. The molecule has 1 amide bonds. The molecule has 2 fully saturated rings. The molecule has 2 aromatic carbocycles. The number of aromatic nitrogens is 4. The van der Waals surface area contributed by atoms with Crippen LogP contribution in [0.2, 0.25) is 0 Å². The van der Waals surface area contributed by atoms with Crippen LogP contribution in [-0.4, -0.2) is 56.6 Å². The number of nitrogens with zero attached hydrogens (tertiary/aromatic N) is 6. The summed E-state index contributed by atoms with van der Waals surface area (Å²) in [5, 5.41) is 10.3. The Hall–Kier alpha value is -3.55. The van der Waals surface area contributed by atoms with Crippen LogP contribution in [0, 0.1) is 5.82 Å². The summed E-state index contributed by atoms with van der Waals surface area (Å²) in [6.45, 7) is 2.68. The molecule has 7 nitrogen and oxygen atoms in total. The number of hydrogen-bond donors (Lipinski definition) is 0. The van der Waals surface area contributed by atoms with Crippen LogP contribution < -0.4 is 4.90 Å². The Kier molecular flexibility index (Phi) is 5.80. The Balaban J connectivity index is 1.35. The molecule has 0 N–H and O–H groups in total. The molecule has 1 aliphatic heterocycles. The van der Waals surface area contributed by atoms with Crippen LogP contribution in [0.3, 0.4) is 0 Å². The van der Waals surface area contributed by atoms with E-state index in [0.29, 0.717) is 31.1 Å². The van der Waals surface area contributed by atoms with Gasteiger partial charge in [-0.1, -0.05) is 31.4 Å².